The van der Waals surface area contributed by atoms with Crippen LogP contribution in [0.25, 0.3) is 17.1 Å². The lowest BCUT2D eigenvalue weighted by atomic mass is 9.93. The van der Waals surface area contributed by atoms with Crippen LogP contribution in [0, 0.1) is 0 Å². The van der Waals surface area contributed by atoms with Crippen LogP contribution in [0.2, 0.25) is 0 Å². The molecule has 158 valence electrons. The summed E-state index contributed by atoms with van der Waals surface area (Å²) in [6.45, 7) is 3.78. The van der Waals surface area contributed by atoms with Crippen molar-refractivity contribution < 1.29 is 19.8 Å². The molecular formula is C24H18N4O4. The van der Waals surface area contributed by atoms with E-state index in [1.807, 2.05) is 6.07 Å². The van der Waals surface area contributed by atoms with E-state index in [4.69, 9.17) is 5.11 Å². The fourth-order valence-corrected chi connectivity index (χ4v) is 4.12. The number of carbonyl (C=O) groups excluding carboxylic acids is 1. The average molecular weight is 426 g/mol. The van der Waals surface area contributed by atoms with Crippen molar-refractivity contribution >= 4 is 40.7 Å². The number of aromatic amines is 1. The Morgan fingerprint density at radius 2 is 1.94 bits per heavy atom. The van der Waals surface area contributed by atoms with E-state index in [9.17, 15) is 14.7 Å². The summed E-state index contributed by atoms with van der Waals surface area (Å²) in [5.41, 5.74) is 1.82. The van der Waals surface area contributed by atoms with Crippen molar-refractivity contribution in [2.45, 2.75) is 5.72 Å². The molecule has 1 unspecified atom stereocenters. The monoisotopic (exact) mass is 426 g/mol. The van der Waals surface area contributed by atoms with E-state index in [0.717, 1.165) is 5.56 Å². The smallest absolute Gasteiger partial charge is 0.411 e. The van der Waals surface area contributed by atoms with E-state index in [-0.39, 0.29) is 11.9 Å². The Morgan fingerprint density at radius 1 is 1.12 bits per heavy atom. The predicted molar refractivity (Wildman–Crippen MR) is 121 cm³/mol. The van der Waals surface area contributed by atoms with Crippen LogP contribution >= 0.6 is 0 Å². The number of hydrogen-bond acceptors (Lipinski definition) is 4. The van der Waals surface area contributed by atoms with Crippen molar-refractivity contribution in [3.05, 3.63) is 95.6 Å². The Balaban J connectivity index is 1.71. The number of nitrogens with zero attached hydrogens (tertiary/aromatic N) is 2. The molecule has 0 radical (unpaired) electrons. The summed E-state index contributed by atoms with van der Waals surface area (Å²) in [6, 6.07) is 19.1. The molecule has 0 saturated carbocycles. The Labute approximate surface area is 182 Å². The second-order valence-electron chi connectivity index (χ2n) is 7.40. The zero-order valence-electron chi connectivity index (χ0n) is 16.7. The van der Waals surface area contributed by atoms with Crippen LogP contribution in [-0.2, 0) is 5.72 Å². The number of H-pyrrole nitrogens is 1. The van der Waals surface area contributed by atoms with Gasteiger partial charge in [0.1, 0.15) is 0 Å². The highest BCUT2D eigenvalue weighted by Gasteiger charge is 2.50. The first-order chi connectivity index (χ1) is 15.4. The topological polar surface area (TPSA) is 119 Å². The van der Waals surface area contributed by atoms with Crippen molar-refractivity contribution in [2.75, 3.05) is 10.2 Å². The molecule has 2 amide bonds. The third kappa shape index (κ3) is 2.85. The average Bonchev–Trinajstić information content (AvgIpc) is 3.29. The summed E-state index contributed by atoms with van der Waals surface area (Å²) in [6.07, 6.45) is 0.426. The maximum Gasteiger partial charge on any atom is 0.411 e. The van der Waals surface area contributed by atoms with Crippen molar-refractivity contribution in [1.29, 1.82) is 0 Å². The summed E-state index contributed by atoms with van der Waals surface area (Å²) < 4.78 is 0. The van der Waals surface area contributed by atoms with Gasteiger partial charge in [-0.3, -0.25) is 15.0 Å². The zero-order valence-corrected chi connectivity index (χ0v) is 16.7. The van der Waals surface area contributed by atoms with Gasteiger partial charge in [0.05, 0.1) is 11.0 Å². The molecule has 0 fully saturated rings. The van der Waals surface area contributed by atoms with Gasteiger partial charge in [0.25, 0.3) is 5.91 Å². The molecule has 0 aliphatic carbocycles. The van der Waals surface area contributed by atoms with E-state index in [2.05, 4.69) is 21.9 Å². The van der Waals surface area contributed by atoms with Crippen LogP contribution < -0.4 is 10.2 Å². The fourth-order valence-electron chi connectivity index (χ4n) is 4.12. The molecule has 32 heavy (non-hydrogen) atoms. The van der Waals surface area contributed by atoms with Crippen molar-refractivity contribution in [1.82, 2.24) is 9.97 Å². The van der Waals surface area contributed by atoms with Crippen molar-refractivity contribution in [2.24, 2.45) is 0 Å². The van der Waals surface area contributed by atoms with E-state index in [0.29, 0.717) is 33.4 Å². The highest BCUT2D eigenvalue weighted by Crippen LogP contribution is 2.45. The van der Waals surface area contributed by atoms with Gasteiger partial charge in [-0.2, -0.15) is 0 Å². The second-order valence-corrected chi connectivity index (χ2v) is 7.40. The van der Waals surface area contributed by atoms with Gasteiger partial charge in [0.2, 0.25) is 5.95 Å². The molecule has 0 spiro atoms. The van der Waals surface area contributed by atoms with Gasteiger partial charge in [0.15, 0.2) is 5.72 Å². The molecular weight excluding hydrogens is 408 g/mol. The molecule has 4 N–H and O–H groups in total. The molecule has 1 aliphatic rings. The number of fused-ring (bicyclic) bond motifs is 2. The number of hydrogen-bond donors (Lipinski definition) is 4. The normalized spacial score (nSPS) is 17.4. The summed E-state index contributed by atoms with van der Waals surface area (Å²) in [4.78, 5) is 32.8. The number of aromatic nitrogens is 2. The predicted octanol–water partition coefficient (Wildman–Crippen LogP) is 4.15. The van der Waals surface area contributed by atoms with Crippen LogP contribution in [0.4, 0.5) is 16.4 Å². The number of imidazole rings is 1. The first kappa shape index (κ1) is 19.5. The van der Waals surface area contributed by atoms with Crippen LogP contribution in [0.1, 0.15) is 27.0 Å². The third-order valence-corrected chi connectivity index (χ3v) is 5.53. The minimum absolute atomic E-state index is 0.0649. The number of rotatable bonds is 4. The standard InChI is InChI=1S/C24H18N4O4/c1-2-14-6-5-7-16(12-14)28-21(29)17-8-3-4-9-18(17)24(28,32)15-10-11-19-20(13-15)26-22(25-19)27-23(30)31/h2-13,32H,1H2,(H,30,31)(H2,25,26,27). The third-order valence-electron chi connectivity index (χ3n) is 5.53. The van der Waals surface area contributed by atoms with E-state index >= 15 is 0 Å². The summed E-state index contributed by atoms with van der Waals surface area (Å²) in [5, 5.41) is 23.2. The Morgan fingerprint density at radius 3 is 2.72 bits per heavy atom. The quantitative estimate of drug-likeness (QED) is 0.391. The van der Waals surface area contributed by atoms with Crippen LogP contribution in [-0.4, -0.2) is 32.2 Å². The van der Waals surface area contributed by atoms with E-state index in [1.54, 1.807) is 66.7 Å². The Bertz CT molecular complexity index is 1410. The molecule has 3 aromatic carbocycles. The Kier molecular flexibility index (Phi) is 4.31. The lowest BCUT2D eigenvalue weighted by Crippen LogP contribution is -2.45. The van der Waals surface area contributed by atoms with Gasteiger partial charge in [-0.25, -0.2) is 9.78 Å². The number of nitrogens with one attached hydrogen (secondary N) is 2. The molecule has 2 heterocycles. The lowest BCUT2D eigenvalue weighted by molar-refractivity contribution is 0.0704. The van der Waals surface area contributed by atoms with Crippen LogP contribution in [0.5, 0.6) is 0 Å². The van der Waals surface area contributed by atoms with Crippen LogP contribution in [0.15, 0.2) is 73.3 Å². The Hall–Kier alpha value is -4.43. The molecule has 8 heteroatoms. The molecule has 5 rings (SSSR count). The minimum atomic E-state index is -1.79. The zero-order chi connectivity index (χ0) is 22.5. The lowest BCUT2D eigenvalue weighted by Gasteiger charge is -2.35. The van der Waals surface area contributed by atoms with Gasteiger partial charge >= 0.3 is 6.09 Å². The van der Waals surface area contributed by atoms with E-state index in [1.165, 1.54) is 4.90 Å². The molecule has 8 nitrogen and oxygen atoms in total. The van der Waals surface area contributed by atoms with Crippen molar-refractivity contribution in [3.8, 4) is 0 Å². The number of carbonyl (C=O) groups is 2. The number of anilines is 2. The molecule has 0 saturated heterocycles. The largest absolute Gasteiger partial charge is 0.465 e. The molecule has 1 aliphatic heterocycles. The summed E-state index contributed by atoms with van der Waals surface area (Å²) >= 11 is 0. The molecule has 1 atom stereocenters. The van der Waals surface area contributed by atoms with Gasteiger partial charge in [-0.05, 0) is 35.9 Å². The first-order valence-electron chi connectivity index (χ1n) is 9.81. The highest BCUT2D eigenvalue weighted by molar-refractivity contribution is 6.12. The summed E-state index contributed by atoms with van der Waals surface area (Å²) in [5.74, 6) is -0.269. The maximum atomic E-state index is 13.4. The molecule has 4 aromatic rings. The first-order valence-corrected chi connectivity index (χ1v) is 9.81. The number of amides is 2. The highest BCUT2D eigenvalue weighted by atomic mass is 16.4. The fraction of sp³-hybridized carbons (Fsp3) is 0.0417. The van der Waals surface area contributed by atoms with Gasteiger partial charge in [-0.1, -0.05) is 49.1 Å². The minimum Gasteiger partial charge on any atom is -0.465 e. The van der Waals surface area contributed by atoms with Gasteiger partial charge in [0, 0.05) is 22.4 Å². The maximum absolute atomic E-state index is 13.4. The number of benzene rings is 3. The number of carboxylic acid groups (broad SMARTS) is 1. The van der Waals surface area contributed by atoms with Gasteiger partial charge in [-0.15, -0.1) is 0 Å². The van der Waals surface area contributed by atoms with Crippen LogP contribution in [0.3, 0.4) is 0 Å². The molecule has 1 aromatic heterocycles. The van der Waals surface area contributed by atoms with Crippen molar-refractivity contribution in [3.63, 3.8) is 0 Å². The van der Waals surface area contributed by atoms with E-state index < -0.39 is 11.8 Å². The number of aliphatic hydroxyl groups is 1. The second kappa shape index (κ2) is 7.07. The molecule has 0 bridgehead atoms. The van der Waals surface area contributed by atoms with Gasteiger partial charge < -0.3 is 15.2 Å². The summed E-state index contributed by atoms with van der Waals surface area (Å²) in [7, 11) is 0. The SMILES string of the molecule is C=Cc1cccc(N2C(=O)c3ccccc3C2(O)c2ccc3[nH]c(NC(=O)O)nc3c2)c1.